The number of ether oxygens (including phenoxy) is 4. The van der Waals surface area contributed by atoms with Crippen molar-refractivity contribution in [3.05, 3.63) is 71.6 Å². The molecule has 1 atom stereocenters. The van der Waals surface area contributed by atoms with Crippen LogP contribution in [0.3, 0.4) is 0 Å². The lowest BCUT2D eigenvalue weighted by atomic mass is 10.1. The molecular formula is C22H21ClN2O4. The van der Waals surface area contributed by atoms with E-state index in [9.17, 15) is 0 Å². The minimum Gasteiger partial charge on any atom is -0.491 e. The summed E-state index contributed by atoms with van der Waals surface area (Å²) in [6.07, 6.45) is 1.68. The standard InChI is InChI=1S/C22H21ClN2O4/c23-22-12-19(29-15-20-14-26-9-10-27-20)11-21(25-22)16-4-6-18(7-5-16)28-13-17-3-1-2-8-24-17/h1-8,11-12,20H,9-10,13-15H2. The molecule has 1 aliphatic rings. The molecule has 0 saturated carbocycles. The topological polar surface area (TPSA) is 62.7 Å². The zero-order chi connectivity index (χ0) is 19.9. The molecule has 0 radical (unpaired) electrons. The van der Waals surface area contributed by atoms with Crippen molar-refractivity contribution >= 4 is 11.6 Å². The minimum atomic E-state index is -0.0744. The van der Waals surface area contributed by atoms with E-state index in [0.717, 1.165) is 22.7 Å². The van der Waals surface area contributed by atoms with Crippen LogP contribution in [-0.4, -0.2) is 42.5 Å². The molecule has 3 aromatic rings. The van der Waals surface area contributed by atoms with Gasteiger partial charge in [-0.3, -0.25) is 4.98 Å². The molecule has 0 N–H and O–H groups in total. The van der Waals surface area contributed by atoms with Crippen LogP contribution >= 0.6 is 11.6 Å². The van der Waals surface area contributed by atoms with Crippen molar-refractivity contribution < 1.29 is 18.9 Å². The van der Waals surface area contributed by atoms with Crippen molar-refractivity contribution in [2.45, 2.75) is 12.7 Å². The molecule has 0 bridgehead atoms. The van der Waals surface area contributed by atoms with Crippen LogP contribution in [0.5, 0.6) is 11.5 Å². The van der Waals surface area contributed by atoms with E-state index in [-0.39, 0.29) is 6.10 Å². The smallest absolute Gasteiger partial charge is 0.133 e. The summed E-state index contributed by atoms with van der Waals surface area (Å²) in [5.74, 6) is 1.40. The number of nitrogens with zero attached hydrogens (tertiary/aromatic N) is 2. The van der Waals surface area contributed by atoms with Gasteiger partial charge in [-0.1, -0.05) is 17.7 Å². The Kier molecular flexibility index (Phi) is 6.56. The van der Waals surface area contributed by atoms with Gasteiger partial charge in [-0.05, 0) is 36.4 Å². The van der Waals surface area contributed by atoms with Crippen molar-refractivity contribution in [1.29, 1.82) is 0 Å². The molecule has 1 fully saturated rings. The van der Waals surface area contributed by atoms with Crippen LogP contribution in [0.4, 0.5) is 0 Å². The Labute approximate surface area is 174 Å². The first-order chi connectivity index (χ1) is 14.3. The maximum absolute atomic E-state index is 6.19. The van der Waals surface area contributed by atoms with Gasteiger partial charge in [-0.2, -0.15) is 0 Å². The second-order valence-corrected chi connectivity index (χ2v) is 6.91. The SMILES string of the molecule is Clc1cc(OCC2COCCO2)cc(-c2ccc(OCc3ccccn3)cc2)n1. The Balaban J connectivity index is 1.40. The van der Waals surface area contributed by atoms with E-state index < -0.39 is 0 Å². The highest BCUT2D eigenvalue weighted by atomic mass is 35.5. The quantitative estimate of drug-likeness (QED) is 0.543. The van der Waals surface area contributed by atoms with E-state index in [1.165, 1.54) is 0 Å². The van der Waals surface area contributed by atoms with Gasteiger partial charge in [0.15, 0.2) is 0 Å². The molecule has 1 aromatic carbocycles. The van der Waals surface area contributed by atoms with Crippen molar-refractivity contribution in [3.8, 4) is 22.8 Å². The van der Waals surface area contributed by atoms with E-state index in [1.807, 2.05) is 48.5 Å². The fourth-order valence-corrected chi connectivity index (χ4v) is 3.09. The highest BCUT2D eigenvalue weighted by Crippen LogP contribution is 2.27. The van der Waals surface area contributed by atoms with Gasteiger partial charge in [0.2, 0.25) is 0 Å². The Bertz CT molecular complexity index is 916. The van der Waals surface area contributed by atoms with Crippen LogP contribution in [0, 0.1) is 0 Å². The van der Waals surface area contributed by atoms with Crippen LogP contribution in [-0.2, 0) is 16.1 Å². The van der Waals surface area contributed by atoms with E-state index >= 15 is 0 Å². The highest BCUT2D eigenvalue weighted by molar-refractivity contribution is 6.29. The van der Waals surface area contributed by atoms with Crippen LogP contribution < -0.4 is 9.47 Å². The second kappa shape index (κ2) is 9.69. The molecule has 6 nitrogen and oxygen atoms in total. The second-order valence-electron chi connectivity index (χ2n) is 6.52. The van der Waals surface area contributed by atoms with Crippen LogP contribution in [0.1, 0.15) is 5.69 Å². The summed E-state index contributed by atoms with van der Waals surface area (Å²) in [6.45, 7) is 2.57. The summed E-state index contributed by atoms with van der Waals surface area (Å²) in [7, 11) is 0. The van der Waals surface area contributed by atoms with Gasteiger partial charge >= 0.3 is 0 Å². The van der Waals surface area contributed by atoms with Gasteiger partial charge in [-0.15, -0.1) is 0 Å². The predicted octanol–water partition coefficient (Wildman–Crippen LogP) is 4.17. The van der Waals surface area contributed by atoms with Crippen LogP contribution in [0.15, 0.2) is 60.8 Å². The molecule has 0 aliphatic carbocycles. The zero-order valence-electron chi connectivity index (χ0n) is 15.8. The summed E-state index contributed by atoms with van der Waals surface area (Å²) in [5, 5.41) is 0.369. The summed E-state index contributed by atoms with van der Waals surface area (Å²) >= 11 is 6.19. The zero-order valence-corrected chi connectivity index (χ0v) is 16.5. The summed E-state index contributed by atoms with van der Waals surface area (Å²) in [5.41, 5.74) is 2.52. The number of rotatable bonds is 7. The average molecular weight is 413 g/mol. The van der Waals surface area contributed by atoms with Crippen molar-refractivity contribution in [1.82, 2.24) is 9.97 Å². The molecule has 1 unspecified atom stereocenters. The van der Waals surface area contributed by atoms with Crippen molar-refractivity contribution in [3.63, 3.8) is 0 Å². The third-order valence-electron chi connectivity index (χ3n) is 4.35. The normalized spacial score (nSPS) is 16.4. The van der Waals surface area contributed by atoms with Crippen molar-refractivity contribution in [2.24, 2.45) is 0 Å². The molecule has 4 rings (SSSR count). The summed E-state index contributed by atoms with van der Waals surface area (Å²) < 4.78 is 22.6. The van der Waals surface area contributed by atoms with Gasteiger partial charge in [0.25, 0.3) is 0 Å². The molecule has 7 heteroatoms. The molecule has 3 heterocycles. The Morgan fingerprint density at radius 2 is 1.90 bits per heavy atom. The Morgan fingerprint density at radius 3 is 2.66 bits per heavy atom. The molecule has 2 aromatic heterocycles. The molecule has 0 spiro atoms. The fraction of sp³-hybridized carbons (Fsp3) is 0.273. The summed E-state index contributed by atoms with van der Waals surface area (Å²) in [4.78, 5) is 8.65. The Morgan fingerprint density at radius 1 is 1.00 bits per heavy atom. The van der Waals surface area contributed by atoms with E-state index in [1.54, 1.807) is 12.3 Å². The minimum absolute atomic E-state index is 0.0744. The first-order valence-corrected chi connectivity index (χ1v) is 9.77. The number of pyridine rings is 2. The Hall–Kier alpha value is -2.67. The summed E-state index contributed by atoms with van der Waals surface area (Å²) in [6, 6.07) is 17.0. The number of aromatic nitrogens is 2. The average Bonchev–Trinajstić information content (AvgIpc) is 2.78. The monoisotopic (exact) mass is 412 g/mol. The molecule has 29 heavy (non-hydrogen) atoms. The van der Waals surface area contributed by atoms with Gasteiger partial charge in [0.1, 0.15) is 36.0 Å². The molecule has 1 aliphatic heterocycles. The third-order valence-corrected chi connectivity index (χ3v) is 4.55. The third kappa shape index (κ3) is 5.67. The number of halogens is 1. The van der Waals surface area contributed by atoms with Gasteiger partial charge in [0, 0.05) is 23.9 Å². The largest absolute Gasteiger partial charge is 0.491 e. The molecule has 150 valence electrons. The van der Waals surface area contributed by atoms with E-state index in [4.69, 9.17) is 30.5 Å². The van der Waals surface area contributed by atoms with Gasteiger partial charge < -0.3 is 18.9 Å². The van der Waals surface area contributed by atoms with Gasteiger partial charge in [0.05, 0.1) is 31.2 Å². The van der Waals surface area contributed by atoms with Crippen LogP contribution in [0.2, 0.25) is 5.15 Å². The predicted molar refractivity (Wildman–Crippen MR) is 109 cm³/mol. The fourth-order valence-electron chi connectivity index (χ4n) is 2.89. The maximum atomic E-state index is 6.19. The first kappa shape index (κ1) is 19.6. The highest BCUT2D eigenvalue weighted by Gasteiger charge is 2.15. The lowest BCUT2D eigenvalue weighted by molar-refractivity contribution is -0.101. The molecule has 1 saturated heterocycles. The van der Waals surface area contributed by atoms with Gasteiger partial charge in [-0.25, -0.2) is 4.98 Å². The number of hydrogen-bond acceptors (Lipinski definition) is 6. The maximum Gasteiger partial charge on any atom is 0.133 e. The number of benzene rings is 1. The van der Waals surface area contributed by atoms with Crippen LogP contribution in [0.25, 0.3) is 11.3 Å². The lowest BCUT2D eigenvalue weighted by Crippen LogP contribution is -2.33. The van der Waals surface area contributed by atoms with E-state index in [2.05, 4.69) is 9.97 Å². The first-order valence-electron chi connectivity index (χ1n) is 9.39. The molecule has 0 amide bonds. The lowest BCUT2D eigenvalue weighted by Gasteiger charge is -2.23. The van der Waals surface area contributed by atoms with Crippen molar-refractivity contribution in [2.75, 3.05) is 26.4 Å². The van der Waals surface area contributed by atoms with E-state index in [0.29, 0.717) is 43.9 Å². The number of hydrogen-bond donors (Lipinski definition) is 0. The molecular weight excluding hydrogens is 392 g/mol.